The minimum Gasteiger partial charge on any atom is -0.395 e. The molecule has 3 nitrogen and oxygen atoms in total. The molecule has 0 aromatic heterocycles. The quantitative estimate of drug-likeness (QED) is 0.654. The van der Waals surface area contributed by atoms with E-state index in [1.165, 1.54) is 6.42 Å². The Balaban J connectivity index is 2.20. The maximum absolute atomic E-state index is 8.84. The second kappa shape index (κ2) is 5.51. The summed E-state index contributed by atoms with van der Waals surface area (Å²) in [7, 11) is 0. The van der Waals surface area contributed by atoms with Gasteiger partial charge in [-0.3, -0.25) is 0 Å². The van der Waals surface area contributed by atoms with E-state index in [0.29, 0.717) is 6.04 Å². The van der Waals surface area contributed by atoms with Crippen LogP contribution in [0, 0.1) is 0 Å². The Morgan fingerprint density at radius 1 is 1.50 bits per heavy atom. The lowest BCUT2D eigenvalue weighted by Gasteiger charge is -2.19. The van der Waals surface area contributed by atoms with Crippen molar-refractivity contribution in [2.24, 2.45) is 0 Å². The van der Waals surface area contributed by atoms with Gasteiger partial charge in [0.2, 0.25) is 0 Å². The van der Waals surface area contributed by atoms with Gasteiger partial charge in [0, 0.05) is 25.3 Å². The highest BCUT2D eigenvalue weighted by atomic mass is 16.5. The maximum Gasteiger partial charge on any atom is 0.0582 e. The highest BCUT2D eigenvalue weighted by Gasteiger charge is 2.13. The molecular weight excluding hydrogens is 154 g/mol. The average Bonchev–Trinajstić information content (AvgIpc) is 2.33. The van der Waals surface area contributed by atoms with E-state index < -0.39 is 0 Å². The van der Waals surface area contributed by atoms with Crippen molar-refractivity contribution < 1.29 is 9.84 Å². The van der Waals surface area contributed by atoms with Crippen LogP contribution in [0.5, 0.6) is 0 Å². The van der Waals surface area contributed by atoms with E-state index >= 15 is 0 Å². The molecule has 1 heterocycles. The molecule has 1 unspecified atom stereocenters. The van der Waals surface area contributed by atoms with Crippen LogP contribution in [0.4, 0.5) is 0 Å². The van der Waals surface area contributed by atoms with Gasteiger partial charge in [0.1, 0.15) is 0 Å². The van der Waals surface area contributed by atoms with E-state index in [-0.39, 0.29) is 12.6 Å². The Hall–Kier alpha value is -0.120. The molecule has 1 aliphatic rings. The molecule has 0 radical (unpaired) electrons. The molecule has 72 valence electrons. The molecule has 12 heavy (non-hydrogen) atoms. The highest BCUT2D eigenvalue weighted by molar-refractivity contribution is 4.72. The summed E-state index contributed by atoms with van der Waals surface area (Å²) in [6.45, 7) is 3.98. The molecular formula is C9H19NO2. The molecule has 0 spiro atoms. The first-order chi connectivity index (χ1) is 5.83. The summed E-state index contributed by atoms with van der Waals surface area (Å²) < 4.78 is 5.34. The van der Waals surface area contributed by atoms with Crippen LogP contribution in [0.3, 0.4) is 0 Å². The summed E-state index contributed by atoms with van der Waals surface area (Å²) in [6.07, 6.45) is 3.38. The van der Waals surface area contributed by atoms with Crippen LogP contribution in [-0.2, 0) is 4.74 Å². The number of aliphatic hydroxyl groups excluding tert-OH is 1. The van der Waals surface area contributed by atoms with Gasteiger partial charge in [-0.2, -0.15) is 0 Å². The van der Waals surface area contributed by atoms with E-state index in [9.17, 15) is 0 Å². The second-order valence-corrected chi connectivity index (χ2v) is 3.49. The SMILES string of the molecule is C[C@H](CO)NC1CCCOCC1. The molecule has 2 N–H and O–H groups in total. The fraction of sp³-hybridized carbons (Fsp3) is 1.00. The fourth-order valence-corrected chi connectivity index (χ4v) is 1.53. The standard InChI is InChI=1S/C9H19NO2/c1-8(7-11)10-9-3-2-5-12-6-4-9/h8-11H,2-7H2,1H3/t8-,9?/m1/s1. The van der Waals surface area contributed by atoms with Crippen molar-refractivity contribution in [3.63, 3.8) is 0 Å². The number of aliphatic hydroxyl groups is 1. The Morgan fingerprint density at radius 3 is 3.08 bits per heavy atom. The molecule has 1 aliphatic heterocycles. The predicted molar refractivity (Wildman–Crippen MR) is 48.1 cm³/mol. The minimum absolute atomic E-state index is 0.216. The van der Waals surface area contributed by atoms with Crippen molar-refractivity contribution in [1.82, 2.24) is 5.32 Å². The van der Waals surface area contributed by atoms with E-state index in [1.54, 1.807) is 0 Å². The first-order valence-electron chi connectivity index (χ1n) is 4.77. The van der Waals surface area contributed by atoms with Crippen LogP contribution >= 0.6 is 0 Å². The zero-order valence-electron chi connectivity index (χ0n) is 7.75. The third kappa shape index (κ3) is 3.52. The normalized spacial score (nSPS) is 28.0. The molecule has 1 rings (SSSR count). The lowest BCUT2D eigenvalue weighted by Crippen LogP contribution is -2.38. The van der Waals surface area contributed by atoms with Gasteiger partial charge in [-0.15, -0.1) is 0 Å². The minimum atomic E-state index is 0.216. The zero-order chi connectivity index (χ0) is 8.81. The Kier molecular flexibility index (Phi) is 4.58. The maximum atomic E-state index is 8.84. The first-order valence-corrected chi connectivity index (χ1v) is 4.77. The van der Waals surface area contributed by atoms with E-state index in [1.807, 2.05) is 6.92 Å². The van der Waals surface area contributed by atoms with Gasteiger partial charge in [0.25, 0.3) is 0 Å². The molecule has 2 atom stereocenters. The summed E-state index contributed by atoms with van der Waals surface area (Å²) in [5.74, 6) is 0. The Bertz CT molecular complexity index is 111. The predicted octanol–water partition coefficient (Wildman–Crippen LogP) is 0.526. The number of hydrogen-bond donors (Lipinski definition) is 2. The number of nitrogens with one attached hydrogen (secondary N) is 1. The van der Waals surface area contributed by atoms with Crippen molar-refractivity contribution in [3.8, 4) is 0 Å². The Morgan fingerprint density at radius 2 is 2.33 bits per heavy atom. The van der Waals surface area contributed by atoms with Crippen molar-refractivity contribution >= 4 is 0 Å². The first kappa shape index (κ1) is 9.96. The van der Waals surface area contributed by atoms with Crippen molar-refractivity contribution in [1.29, 1.82) is 0 Å². The van der Waals surface area contributed by atoms with Crippen molar-refractivity contribution in [3.05, 3.63) is 0 Å². The average molecular weight is 173 g/mol. The van der Waals surface area contributed by atoms with Crippen molar-refractivity contribution in [2.75, 3.05) is 19.8 Å². The summed E-state index contributed by atoms with van der Waals surface area (Å²) >= 11 is 0. The molecule has 0 bridgehead atoms. The fourth-order valence-electron chi connectivity index (χ4n) is 1.53. The van der Waals surface area contributed by atoms with Gasteiger partial charge in [0.15, 0.2) is 0 Å². The zero-order valence-corrected chi connectivity index (χ0v) is 7.75. The van der Waals surface area contributed by atoms with Gasteiger partial charge in [-0.1, -0.05) is 0 Å². The van der Waals surface area contributed by atoms with Crippen LogP contribution in [0.25, 0.3) is 0 Å². The molecule has 1 fully saturated rings. The number of ether oxygens (including phenoxy) is 1. The summed E-state index contributed by atoms with van der Waals surface area (Å²) in [5.41, 5.74) is 0. The highest BCUT2D eigenvalue weighted by Crippen LogP contribution is 2.08. The van der Waals surface area contributed by atoms with E-state index in [2.05, 4.69) is 5.32 Å². The lowest BCUT2D eigenvalue weighted by atomic mass is 10.1. The molecule has 0 aromatic rings. The molecule has 0 saturated carbocycles. The van der Waals surface area contributed by atoms with Gasteiger partial charge in [0.05, 0.1) is 6.61 Å². The molecule has 1 saturated heterocycles. The summed E-state index contributed by atoms with van der Waals surface area (Å²) in [4.78, 5) is 0. The van der Waals surface area contributed by atoms with Crippen LogP contribution in [0.1, 0.15) is 26.2 Å². The molecule has 0 aromatic carbocycles. The van der Waals surface area contributed by atoms with Gasteiger partial charge in [-0.25, -0.2) is 0 Å². The summed E-state index contributed by atoms with van der Waals surface area (Å²) in [5, 5.41) is 12.2. The van der Waals surface area contributed by atoms with Crippen LogP contribution < -0.4 is 5.32 Å². The van der Waals surface area contributed by atoms with E-state index in [0.717, 1.165) is 26.1 Å². The van der Waals surface area contributed by atoms with Gasteiger partial charge >= 0.3 is 0 Å². The van der Waals surface area contributed by atoms with Crippen LogP contribution in [0.15, 0.2) is 0 Å². The Labute approximate surface area is 74.1 Å². The van der Waals surface area contributed by atoms with Crippen LogP contribution in [-0.4, -0.2) is 37.0 Å². The van der Waals surface area contributed by atoms with Gasteiger partial charge < -0.3 is 15.2 Å². The lowest BCUT2D eigenvalue weighted by molar-refractivity contribution is 0.141. The molecule has 0 aliphatic carbocycles. The molecule has 3 heteroatoms. The number of rotatable bonds is 3. The van der Waals surface area contributed by atoms with E-state index in [4.69, 9.17) is 9.84 Å². The smallest absolute Gasteiger partial charge is 0.0582 e. The molecule has 0 amide bonds. The number of hydrogen-bond acceptors (Lipinski definition) is 3. The third-order valence-corrected chi connectivity index (χ3v) is 2.25. The monoisotopic (exact) mass is 173 g/mol. The second-order valence-electron chi connectivity index (χ2n) is 3.49. The largest absolute Gasteiger partial charge is 0.395 e. The third-order valence-electron chi connectivity index (χ3n) is 2.25. The van der Waals surface area contributed by atoms with Crippen LogP contribution in [0.2, 0.25) is 0 Å². The topological polar surface area (TPSA) is 41.5 Å². The summed E-state index contributed by atoms with van der Waals surface area (Å²) in [6, 6.07) is 0.753. The van der Waals surface area contributed by atoms with Crippen molar-refractivity contribution in [2.45, 2.75) is 38.3 Å². The van der Waals surface area contributed by atoms with Gasteiger partial charge in [-0.05, 0) is 26.2 Å².